The monoisotopic (exact) mass is 339 g/mol. The van der Waals surface area contributed by atoms with Crippen molar-refractivity contribution in [3.63, 3.8) is 0 Å². The van der Waals surface area contributed by atoms with Crippen LogP contribution < -0.4 is 10.7 Å². The molecule has 0 fully saturated rings. The van der Waals surface area contributed by atoms with Gasteiger partial charge in [0.25, 0.3) is 5.91 Å². The van der Waals surface area contributed by atoms with Gasteiger partial charge >= 0.3 is 6.18 Å². The molecule has 0 atom stereocenters. The molecule has 0 aliphatic heterocycles. The molecule has 4 nitrogen and oxygen atoms in total. The van der Waals surface area contributed by atoms with Crippen LogP contribution in [0.15, 0.2) is 53.6 Å². The second kappa shape index (κ2) is 7.58. The van der Waals surface area contributed by atoms with E-state index in [0.29, 0.717) is 5.69 Å². The van der Waals surface area contributed by atoms with Crippen molar-refractivity contribution in [2.24, 2.45) is 5.10 Å². The molecule has 0 saturated heterocycles. The molecular weight excluding hydrogens is 326 g/mol. The van der Waals surface area contributed by atoms with Gasteiger partial charge in [0.05, 0.1) is 18.3 Å². The van der Waals surface area contributed by atoms with Gasteiger partial charge in [0.2, 0.25) is 0 Å². The van der Waals surface area contributed by atoms with E-state index in [-0.39, 0.29) is 12.1 Å². The van der Waals surface area contributed by atoms with Crippen LogP contribution in [0.2, 0.25) is 0 Å². The maximum absolute atomic E-state index is 12.8. The van der Waals surface area contributed by atoms with Gasteiger partial charge in [0.1, 0.15) is 5.82 Å². The van der Waals surface area contributed by atoms with E-state index in [1.54, 1.807) is 0 Å². The van der Waals surface area contributed by atoms with Gasteiger partial charge in [-0.3, -0.25) is 4.79 Å². The first kappa shape index (κ1) is 17.5. The third-order valence-corrected chi connectivity index (χ3v) is 2.96. The zero-order valence-corrected chi connectivity index (χ0v) is 12.3. The molecule has 0 bridgehead atoms. The number of anilines is 1. The lowest BCUT2D eigenvalue weighted by atomic mass is 10.1. The average Bonchev–Trinajstić information content (AvgIpc) is 2.54. The number of carbonyl (C=O) groups is 1. The lowest BCUT2D eigenvalue weighted by Gasteiger charge is -2.09. The Morgan fingerprint density at radius 3 is 2.42 bits per heavy atom. The summed E-state index contributed by atoms with van der Waals surface area (Å²) in [5.41, 5.74) is 1.65. The van der Waals surface area contributed by atoms with Crippen LogP contribution in [0.4, 0.5) is 23.2 Å². The van der Waals surface area contributed by atoms with E-state index in [2.05, 4.69) is 15.8 Å². The number of carbonyl (C=O) groups excluding carboxylic acids is 1. The molecule has 2 rings (SSSR count). The van der Waals surface area contributed by atoms with Crippen molar-refractivity contribution in [3.05, 3.63) is 65.5 Å². The van der Waals surface area contributed by atoms with E-state index in [1.807, 2.05) is 0 Å². The standard InChI is InChI=1S/C16H13F4N3O/c17-12-5-7-13(8-6-12)21-10-15(24)23-22-9-11-3-1-2-4-14(11)16(18,19)20/h1-9,21H,10H2,(H,23,24). The number of benzene rings is 2. The normalized spacial score (nSPS) is 11.5. The number of nitrogens with zero attached hydrogens (tertiary/aromatic N) is 1. The van der Waals surface area contributed by atoms with Crippen LogP contribution in [0.5, 0.6) is 0 Å². The van der Waals surface area contributed by atoms with Crippen LogP contribution in [-0.2, 0) is 11.0 Å². The first-order valence-corrected chi connectivity index (χ1v) is 6.84. The molecule has 0 aromatic heterocycles. The Morgan fingerprint density at radius 1 is 1.08 bits per heavy atom. The first-order valence-electron chi connectivity index (χ1n) is 6.84. The van der Waals surface area contributed by atoms with Gasteiger partial charge in [-0.1, -0.05) is 18.2 Å². The number of rotatable bonds is 5. The smallest absolute Gasteiger partial charge is 0.376 e. The Bertz CT molecular complexity index is 727. The molecule has 0 heterocycles. The predicted octanol–water partition coefficient (Wildman–Crippen LogP) is 3.41. The van der Waals surface area contributed by atoms with Crippen LogP contribution in [0.3, 0.4) is 0 Å². The maximum Gasteiger partial charge on any atom is 0.417 e. The number of halogens is 4. The molecule has 8 heteroatoms. The summed E-state index contributed by atoms with van der Waals surface area (Å²) >= 11 is 0. The van der Waals surface area contributed by atoms with Crippen LogP contribution >= 0.6 is 0 Å². The number of nitrogens with one attached hydrogen (secondary N) is 2. The Hall–Kier alpha value is -2.90. The second-order valence-electron chi connectivity index (χ2n) is 4.74. The molecule has 2 aromatic carbocycles. The van der Waals surface area contributed by atoms with Crippen LogP contribution in [0.25, 0.3) is 0 Å². The molecule has 126 valence electrons. The Balaban J connectivity index is 1.90. The molecular formula is C16H13F4N3O. The zero-order chi connectivity index (χ0) is 17.6. The number of alkyl halides is 3. The Morgan fingerprint density at radius 2 is 1.75 bits per heavy atom. The predicted molar refractivity (Wildman–Crippen MR) is 82.1 cm³/mol. The van der Waals surface area contributed by atoms with E-state index in [0.717, 1.165) is 12.3 Å². The van der Waals surface area contributed by atoms with Crippen molar-refractivity contribution in [3.8, 4) is 0 Å². The van der Waals surface area contributed by atoms with Gasteiger partial charge in [-0.05, 0) is 30.3 Å². The Labute approximate surface area is 135 Å². The summed E-state index contributed by atoms with van der Waals surface area (Å²) in [5, 5.41) is 6.24. The van der Waals surface area contributed by atoms with Crippen molar-refractivity contribution < 1.29 is 22.4 Å². The zero-order valence-electron chi connectivity index (χ0n) is 12.3. The van der Waals surface area contributed by atoms with E-state index >= 15 is 0 Å². The molecule has 0 unspecified atom stereocenters. The third-order valence-electron chi connectivity index (χ3n) is 2.96. The Kier molecular flexibility index (Phi) is 5.51. The molecule has 0 radical (unpaired) electrons. The fraction of sp³-hybridized carbons (Fsp3) is 0.125. The van der Waals surface area contributed by atoms with Crippen molar-refractivity contribution in [2.45, 2.75) is 6.18 Å². The van der Waals surface area contributed by atoms with Crippen molar-refractivity contribution in [1.29, 1.82) is 0 Å². The molecule has 1 amide bonds. The summed E-state index contributed by atoms with van der Waals surface area (Å²) in [6, 6.07) is 10.2. The summed E-state index contributed by atoms with van der Waals surface area (Å²) in [5.74, 6) is -0.960. The lowest BCUT2D eigenvalue weighted by molar-refractivity contribution is -0.137. The summed E-state index contributed by atoms with van der Waals surface area (Å²) < 4.78 is 51.1. The van der Waals surface area contributed by atoms with E-state index in [1.165, 1.54) is 42.5 Å². The summed E-state index contributed by atoms with van der Waals surface area (Å²) in [4.78, 5) is 11.6. The fourth-order valence-corrected chi connectivity index (χ4v) is 1.83. The average molecular weight is 339 g/mol. The molecule has 0 aliphatic carbocycles. The molecule has 2 N–H and O–H groups in total. The highest BCUT2D eigenvalue weighted by Gasteiger charge is 2.32. The third kappa shape index (κ3) is 5.08. The summed E-state index contributed by atoms with van der Waals surface area (Å²) in [6.45, 7) is -0.163. The first-order chi connectivity index (χ1) is 11.4. The fourth-order valence-electron chi connectivity index (χ4n) is 1.83. The largest absolute Gasteiger partial charge is 0.417 e. The highest BCUT2D eigenvalue weighted by atomic mass is 19.4. The number of hydrogen-bond donors (Lipinski definition) is 2. The van der Waals surface area contributed by atoms with Crippen LogP contribution in [0.1, 0.15) is 11.1 Å². The van der Waals surface area contributed by atoms with Crippen LogP contribution in [0, 0.1) is 5.82 Å². The van der Waals surface area contributed by atoms with Gasteiger partial charge in [0.15, 0.2) is 0 Å². The van der Waals surface area contributed by atoms with Gasteiger partial charge in [-0.15, -0.1) is 0 Å². The topological polar surface area (TPSA) is 53.5 Å². The second-order valence-corrected chi connectivity index (χ2v) is 4.74. The van der Waals surface area contributed by atoms with Gasteiger partial charge < -0.3 is 5.32 Å². The van der Waals surface area contributed by atoms with Crippen molar-refractivity contribution in [2.75, 3.05) is 11.9 Å². The number of amides is 1. The van der Waals surface area contributed by atoms with Gasteiger partial charge in [-0.25, -0.2) is 9.82 Å². The van der Waals surface area contributed by atoms with E-state index < -0.39 is 23.5 Å². The number of hydrogen-bond acceptors (Lipinski definition) is 3. The molecule has 0 spiro atoms. The minimum Gasteiger partial charge on any atom is -0.376 e. The van der Waals surface area contributed by atoms with Gasteiger partial charge in [-0.2, -0.15) is 18.3 Å². The van der Waals surface area contributed by atoms with E-state index in [4.69, 9.17) is 0 Å². The molecule has 0 aliphatic rings. The summed E-state index contributed by atoms with van der Waals surface area (Å²) in [6.07, 6.45) is -3.57. The SMILES string of the molecule is O=C(CNc1ccc(F)cc1)NN=Cc1ccccc1C(F)(F)F. The minimum absolute atomic E-state index is 0.156. The highest BCUT2D eigenvalue weighted by molar-refractivity contribution is 5.85. The van der Waals surface area contributed by atoms with Crippen molar-refractivity contribution in [1.82, 2.24) is 5.43 Å². The van der Waals surface area contributed by atoms with E-state index in [9.17, 15) is 22.4 Å². The molecule has 24 heavy (non-hydrogen) atoms. The molecule has 2 aromatic rings. The quantitative estimate of drug-likeness (QED) is 0.498. The lowest BCUT2D eigenvalue weighted by Crippen LogP contribution is -2.26. The maximum atomic E-state index is 12.8. The molecule has 0 saturated carbocycles. The van der Waals surface area contributed by atoms with Gasteiger partial charge in [0, 0.05) is 11.3 Å². The van der Waals surface area contributed by atoms with Crippen LogP contribution in [-0.4, -0.2) is 18.7 Å². The minimum atomic E-state index is -4.50. The number of hydrazone groups is 1. The van der Waals surface area contributed by atoms with Crippen molar-refractivity contribution >= 4 is 17.8 Å². The highest BCUT2D eigenvalue weighted by Crippen LogP contribution is 2.30. The summed E-state index contributed by atoms with van der Waals surface area (Å²) in [7, 11) is 0.